The van der Waals surface area contributed by atoms with E-state index in [-0.39, 0.29) is 24.3 Å². The van der Waals surface area contributed by atoms with Crippen molar-refractivity contribution in [2.24, 2.45) is 0 Å². The number of thiazole rings is 1. The van der Waals surface area contributed by atoms with Gasteiger partial charge in [0.15, 0.2) is 10.8 Å². The van der Waals surface area contributed by atoms with Crippen molar-refractivity contribution in [3.63, 3.8) is 0 Å². The van der Waals surface area contributed by atoms with Gasteiger partial charge in [-0.15, -0.1) is 11.3 Å². The quantitative estimate of drug-likeness (QED) is 0.456. The molecule has 1 aliphatic heterocycles. The number of imide groups is 1. The Morgan fingerprint density at radius 1 is 1.09 bits per heavy atom. The molecule has 3 heterocycles. The molecule has 2 N–H and O–H groups in total. The summed E-state index contributed by atoms with van der Waals surface area (Å²) in [5.41, 5.74) is 2.68. The van der Waals surface area contributed by atoms with Crippen molar-refractivity contribution in [3.05, 3.63) is 82.1 Å². The van der Waals surface area contributed by atoms with Gasteiger partial charge in [-0.25, -0.2) is 9.97 Å². The highest BCUT2D eigenvalue weighted by atomic mass is 32.1. The highest BCUT2D eigenvalue weighted by Gasteiger charge is 2.35. The van der Waals surface area contributed by atoms with Crippen molar-refractivity contribution in [2.45, 2.75) is 13.5 Å². The van der Waals surface area contributed by atoms with Crippen LogP contribution in [0, 0.1) is 6.92 Å². The van der Waals surface area contributed by atoms with Crippen LogP contribution in [0.3, 0.4) is 0 Å². The van der Waals surface area contributed by atoms with Gasteiger partial charge < -0.3 is 5.32 Å². The third kappa shape index (κ3) is 3.46. The van der Waals surface area contributed by atoms with Gasteiger partial charge in [-0.05, 0) is 36.8 Å². The van der Waals surface area contributed by atoms with Crippen LogP contribution < -0.4 is 5.32 Å². The topological polar surface area (TPSA) is 121 Å². The van der Waals surface area contributed by atoms with Gasteiger partial charge >= 0.3 is 0 Å². The van der Waals surface area contributed by atoms with E-state index in [1.54, 1.807) is 55.5 Å². The molecular weight excluding hydrogens is 428 g/mol. The number of nitrogens with one attached hydrogen (secondary N) is 2. The summed E-state index contributed by atoms with van der Waals surface area (Å²) in [5.74, 6) is -0.440. The number of carbonyl (C=O) groups is 3. The molecule has 4 aromatic rings. The van der Waals surface area contributed by atoms with E-state index in [1.165, 1.54) is 22.6 Å². The van der Waals surface area contributed by atoms with Gasteiger partial charge in [-0.1, -0.05) is 24.3 Å². The number of aromatic amines is 1. The lowest BCUT2D eigenvalue weighted by Gasteiger charge is -2.14. The fourth-order valence-electron chi connectivity index (χ4n) is 3.52. The lowest BCUT2D eigenvalue weighted by Crippen LogP contribution is -2.29. The summed E-state index contributed by atoms with van der Waals surface area (Å²) in [7, 11) is 0. The van der Waals surface area contributed by atoms with Crippen molar-refractivity contribution < 1.29 is 14.4 Å². The standard InChI is InChI=1S/C22H16N6O3S/c1-12-17(32-20(25-12)18-23-11-24-27-18)19(29)26-14-6-4-5-13(9-14)10-28-21(30)15-7-2-3-8-16(15)22(28)31/h2-9,11H,10H2,1H3,(H,26,29)(H,23,24,27). The van der Waals surface area contributed by atoms with Crippen molar-refractivity contribution in [1.82, 2.24) is 25.1 Å². The summed E-state index contributed by atoms with van der Waals surface area (Å²) in [6.07, 6.45) is 1.38. The second-order valence-corrected chi connectivity index (χ2v) is 8.16. The highest BCUT2D eigenvalue weighted by Crippen LogP contribution is 2.27. The summed E-state index contributed by atoms with van der Waals surface area (Å²) >= 11 is 1.21. The minimum Gasteiger partial charge on any atom is -0.321 e. The third-order valence-electron chi connectivity index (χ3n) is 5.02. The summed E-state index contributed by atoms with van der Waals surface area (Å²) in [6, 6.07) is 13.8. The van der Waals surface area contributed by atoms with E-state index in [4.69, 9.17) is 0 Å². The minimum absolute atomic E-state index is 0.116. The zero-order valence-corrected chi connectivity index (χ0v) is 17.6. The van der Waals surface area contributed by atoms with Crippen LogP contribution in [0.5, 0.6) is 0 Å². The van der Waals surface area contributed by atoms with E-state index in [1.807, 2.05) is 0 Å². The van der Waals surface area contributed by atoms with Gasteiger partial charge in [0.2, 0.25) is 0 Å². The van der Waals surface area contributed by atoms with Crippen LogP contribution in [0.4, 0.5) is 5.69 Å². The zero-order chi connectivity index (χ0) is 22.2. The first-order valence-corrected chi connectivity index (χ1v) is 10.5. The van der Waals surface area contributed by atoms with Gasteiger partial charge in [0.25, 0.3) is 17.7 Å². The monoisotopic (exact) mass is 444 g/mol. The molecule has 2 aromatic carbocycles. The second-order valence-electron chi connectivity index (χ2n) is 7.16. The van der Waals surface area contributed by atoms with Crippen LogP contribution in [0.1, 0.15) is 41.6 Å². The molecule has 3 amide bonds. The number of H-pyrrole nitrogens is 1. The molecule has 158 valence electrons. The Balaban J connectivity index is 1.33. The lowest BCUT2D eigenvalue weighted by atomic mass is 10.1. The number of rotatable bonds is 5. The molecule has 0 saturated carbocycles. The molecule has 0 bridgehead atoms. The van der Waals surface area contributed by atoms with Crippen LogP contribution in [0.25, 0.3) is 10.8 Å². The summed E-state index contributed by atoms with van der Waals surface area (Å²) in [5, 5.41) is 9.97. The molecule has 1 aliphatic rings. The molecule has 0 saturated heterocycles. The largest absolute Gasteiger partial charge is 0.321 e. The molecular formula is C22H16N6O3S. The van der Waals surface area contributed by atoms with E-state index in [2.05, 4.69) is 25.5 Å². The molecule has 32 heavy (non-hydrogen) atoms. The Kier molecular flexibility index (Phi) is 4.83. The Hall–Kier alpha value is -4.18. The number of aromatic nitrogens is 4. The van der Waals surface area contributed by atoms with Gasteiger partial charge in [-0.2, -0.15) is 5.10 Å². The number of hydrogen-bond donors (Lipinski definition) is 2. The smallest absolute Gasteiger partial charge is 0.267 e. The van der Waals surface area contributed by atoms with Crippen LogP contribution in [-0.4, -0.2) is 42.8 Å². The predicted molar refractivity (Wildman–Crippen MR) is 117 cm³/mol. The van der Waals surface area contributed by atoms with Crippen LogP contribution in [0.15, 0.2) is 54.9 Å². The van der Waals surface area contributed by atoms with Crippen molar-refractivity contribution in [2.75, 3.05) is 5.32 Å². The highest BCUT2D eigenvalue weighted by molar-refractivity contribution is 7.17. The van der Waals surface area contributed by atoms with Gasteiger partial charge in [0.05, 0.1) is 23.4 Å². The first kappa shape index (κ1) is 19.8. The fraction of sp³-hybridized carbons (Fsp3) is 0.0909. The maximum atomic E-state index is 12.8. The molecule has 0 spiro atoms. The number of carbonyl (C=O) groups excluding carboxylic acids is 3. The number of benzene rings is 2. The SMILES string of the molecule is Cc1nc(-c2ncn[nH]2)sc1C(=O)Nc1cccc(CN2C(=O)c3ccccc3C2=O)c1. The second kappa shape index (κ2) is 7.82. The van der Waals surface area contributed by atoms with Crippen LogP contribution >= 0.6 is 11.3 Å². The molecule has 0 aliphatic carbocycles. The molecule has 2 aromatic heterocycles. The zero-order valence-electron chi connectivity index (χ0n) is 16.8. The molecule has 0 radical (unpaired) electrons. The molecule has 0 unspecified atom stereocenters. The maximum Gasteiger partial charge on any atom is 0.267 e. The molecule has 0 fully saturated rings. The Bertz CT molecular complexity index is 1330. The molecule has 5 rings (SSSR count). The van der Waals surface area contributed by atoms with E-state index < -0.39 is 0 Å². The average molecular weight is 444 g/mol. The third-order valence-corrected chi connectivity index (χ3v) is 6.19. The number of anilines is 1. The van der Waals surface area contributed by atoms with Crippen molar-refractivity contribution in [1.29, 1.82) is 0 Å². The number of amides is 3. The molecule has 9 nitrogen and oxygen atoms in total. The summed E-state index contributed by atoms with van der Waals surface area (Å²) in [6.45, 7) is 1.87. The molecule has 0 atom stereocenters. The minimum atomic E-state index is -0.319. The van der Waals surface area contributed by atoms with Gasteiger partial charge in [0, 0.05) is 5.69 Å². The maximum absolute atomic E-state index is 12.8. The van der Waals surface area contributed by atoms with Crippen molar-refractivity contribution >= 4 is 34.7 Å². The molecule has 10 heteroatoms. The van der Waals surface area contributed by atoms with Crippen LogP contribution in [-0.2, 0) is 6.54 Å². The fourth-order valence-corrected chi connectivity index (χ4v) is 4.43. The van der Waals surface area contributed by atoms with Crippen molar-refractivity contribution in [3.8, 4) is 10.8 Å². The normalized spacial score (nSPS) is 12.8. The summed E-state index contributed by atoms with van der Waals surface area (Å²) < 4.78 is 0. The lowest BCUT2D eigenvalue weighted by molar-refractivity contribution is 0.0642. The summed E-state index contributed by atoms with van der Waals surface area (Å²) in [4.78, 5) is 48.2. The number of aryl methyl sites for hydroxylation is 1. The number of fused-ring (bicyclic) bond motifs is 1. The number of hydrogen-bond acceptors (Lipinski definition) is 7. The Morgan fingerprint density at radius 2 is 1.84 bits per heavy atom. The van der Waals surface area contributed by atoms with Crippen LogP contribution in [0.2, 0.25) is 0 Å². The number of nitrogens with zero attached hydrogens (tertiary/aromatic N) is 4. The Labute approximate surface area is 186 Å². The van der Waals surface area contributed by atoms with Gasteiger partial charge in [-0.3, -0.25) is 24.4 Å². The Morgan fingerprint density at radius 3 is 2.53 bits per heavy atom. The van der Waals surface area contributed by atoms with Gasteiger partial charge in [0.1, 0.15) is 11.2 Å². The predicted octanol–water partition coefficient (Wildman–Crippen LogP) is 3.29. The van der Waals surface area contributed by atoms with E-state index in [0.717, 1.165) is 5.56 Å². The average Bonchev–Trinajstić information content (AvgIpc) is 3.51. The van der Waals surface area contributed by atoms with E-state index >= 15 is 0 Å². The van der Waals surface area contributed by atoms with E-state index in [0.29, 0.717) is 38.2 Å². The van der Waals surface area contributed by atoms with E-state index in [9.17, 15) is 14.4 Å². The first-order chi connectivity index (χ1) is 15.5. The first-order valence-electron chi connectivity index (χ1n) is 9.70.